The number of anilines is 1. The quantitative estimate of drug-likeness (QED) is 0.477. The number of carbonyl (C=O) groups is 1. The zero-order valence-electron chi connectivity index (χ0n) is 8.50. The smallest absolute Gasteiger partial charge is 0.338 e. The molecular formula is C11H12INO2. The van der Waals surface area contributed by atoms with Gasteiger partial charge in [-0.2, -0.15) is 0 Å². The molecule has 1 heterocycles. The van der Waals surface area contributed by atoms with Gasteiger partial charge < -0.3 is 7.85 Å². The normalized spacial score (nSPS) is 13.9. The Kier molecular flexibility index (Phi) is 3.14. The molecule has 15 heavy (non-hydrogen) atoms. The summed E-state index contributed by atoms with van der Waals surface area (Å²) in [6.07, 6.45) is 1.01. The van der Waals surface area contributed by atoms with Crippen LogP contribution in [0, 0.1) is 0 Å². The van der Waals surface area contributed by atoms with Crippen molar-refractivity contribution in [1.29, 1.82) is 0 Å². The predicted octanol–water partition coefficient (Wildman–Crippen LogP) is 2.58. The van der Waals surface area contributed by atoms with Gasteiger partial charge in [0.1, 0.15) is 0 Å². The van der Waals surface area contributed by atoms with Crippen LogP contribution in [0.5, 0.6) is 0 Å². The van der Waals surface area contributed by atoms with Crippen LogP contribution < -0.4 is 3.11 Å². The first-order valence-corrected chi connectivity index (χ1v) is 5.92. The van der Waals surface area contributed by atoms with E-state index in [1.54, 1.807) is 0 Å². The SMILES string of the molecule is CCOC(=O)c1ccc2c(c1)CCN2I. The summed E-state index contributed by atoms with van der Waals surface area (Å²) < 4.78 is 7.13. The topological polar surface area (TPSA) is 29.5 Å². The molecule has 0 saturated heterocycles. The number of carbonyl (C=O) groups excluding carboxylic acids is 1. The highest BCUT2D eigenvalue weighted by Crippen LogP contribution is 2.31. The van der Waals surface area contributed by atoms with E-state index in [9.17, 15) is 4.79 Å². The van der Waals surface area contributed by atoms with Gasteiger partial charge in [-0.05, 0) is 37.1 Å². The molecule has 0 spiro atoms. The Morgan fingerprint density at radius 3 is 3.13 bits per heavy atom. The molecule has 4 heteroatoms. The Bertz CT molecular complexity index is 392. The molecule has 1 aliphatic rings. The first-order chi connectivity index (χ1) is 7.22. The van der Waals surface area contributed by atoms with Crippen LogP contribution in [0.1, 0.15) is 22.8 Å². The van der Waals surface area contributed by atoms with E-state index in [0.29, 0.717) is 12.2 Å². The summed E-state index contributed by atoms with van der Waals surface area (Å²) in [7, 11) is 0. The molecule has 1 aromatic carbocycles. The molecule has 0 aliphatic carbocycles. The van der Waals surface area contributed by atoms with Gasteiger partial charge in [-0.25, -0.2) is 4.79 Å². The van der Waals surface area contributed by atoms with E-state index in [1.807, 2.05) is 25.1 Å². The maximum absolute atomic E-state index is 11.5. The number of rotatable bonds is 2. The minimum atomic E-state index is -0.229. The number of hydrogen-bond acceptors (Lipinski definition) is 3. The zero-order valence-corrected chi connectivity index (χ0v) is 10.7. The lowest BCUT2D eigenvalue weighted by molar-refractivity contribution is 0.0526. The fraction of sp³-hybridized carbons (Fsp3) is 0.364. The lowest BCUT2D eigenvalue weighted by Gasteiger charge is -2.09. The molecular weight excluding hydrogens is 305 g/mol. The maximum Gasteiger partial charge on any atom is 0.338 e. The number of halogens is 1. The lowest BCUT2D eigenvalue weighted by atomic mass is 10.1. The van der Waals surface area contributed by atoms with Crippen molar-refractivity contribution >= 4 is 34.5 Å². The third-order valence-corrected chi connectivity index (χ3v) is 3.43. The fourth-order valence-corrected chi connectivity index (χ4v) is 2.41. The van der Waals surface area contributed by atoms with Gasteiger partial charge in [0, 0.05) is 12.2 Å². The zero-order chi connectivity index (χ0) is 10.8. The van der Waals surface area contributed by atoms with Crippen molar-refractivity contribution in [1.82, 2.24) is 0 Å². The summed E-state index contributed by atoms with van der Waals surface area (Å²) in [6, 6.07) is 5.75. The Morgan fingerprint density at radius 2 is 2.40 bits per heavy atom. The summed E-state index contributed by atoms with van der Waals surface area (Å²) >= 11 is 2.29. The van der Waals surface area contributed by atoms with E-state index in [4.69, 9.17) is 4.74 Å². The summed E-state index contributed by atoms with van der Waals surface area (Å²) in [5.41, 5.74) is 3.10. The Hall–Kier alpha value is -0.780. The first kappa shape index (κ1) is 10.7. The Morgan fingerprint density at radius 1 is 1.60 bits per heavy atom. The van der Waals surface area contributed by atoms with Crippen molar-refractivity contribution in [3.05, 3.63) is 29.3 Å². The molecule has 1 aliphatic heterocycles. The van der Waals surface area contributed by atoms with E-state index < -0.39 is 0 Å². The van der Waals surface area contributed by atoms with Gasteiger partial charge in [0.15, 0.2) is 0 Å². The van der Waals surface area contributed by atoms with Crippen LogP contribution in [-0.4, -0.2) is 19.1 Å². The summed E-state index contributed by atoms with van der Waals surface area (Å²) in [6.45, 7) is 3.26. The van der Waals surface area contributed by atoms with Crippen molar-refractivity contribution in [3.63, 3.8) is 0 Å². The second-order valence-corrected chi connectivity index (χ2v) is 4.56. The summed E-state index contributed by atoms with van der Waals surface area (Å²) in [4.78, 5) is 11.5. The molecule has 0 bridgehead atoms. The van der Waals surface area contributed by atoms with Crippen molar-refractivity contribution < 1.29 is 9.53 Å². The molecule has 0 fully saturated rings. The molecule has 0 radical (unpaired) electrons. The third-order valence-electron chi connectivity index (χ3n) is 2.43. The van der Waals surface area contributed by atoms with Gasteiger partial charge in [-0.1, -0.05) is 0 Å². The van der Waals surface area contributed by atoms with Crippen LogP contribution >= 0.6 is 22.9 Å². The van der Waals surface area contributed by atoms with Crippen molar-refractivity contribution in [2.45, 2.75) is 13.3 Å². The van der Waals surface area contributed by atoms with Gasteiger partial charge in [-0.15, -0.1) is 0 Å². The minimum absolute atomic E-state index is 0.229. The van der Waals surface area contributed by atoms with Crippen LogP contribution in [0.4, 0.5) is 5.69 Å². The number of hydrogen-bond donors (Lipinski definition) is 0. The highest BCUT2D eigenvalue weighted by molar-refractivity contribution is 14.1. The number of esters is 1. The van der Waals surface area contributed by atoms with Crippen molar-refractivity contribution in [2.24, 2.45) is 0 Å². The highest BCUT2D eigenvalue weighted by atomic mass is 127. The molecule has 1 aromatic rings. The molecule has 0 atom stereocenters. The average Bonchev–Trinajstić information content (AvgIpc) is 2.60. The van der Waals surface area contributed by atoms with Crippen LogP contribution in [0.3, 0.4) is 0 Å². The van der Waals surface area contributed by atoms with E-state index in [1.165, 1.54) is 11.3 Å². The van der Waals surface area contributed by atoms with Gasteiger partial charge in [0.05, 0.1) is 35.0 Å². The largest absolute Gasteiger partial charge is 0.462 e. The summed E-state index contributed by atoms with van der Waals surface area (Å²) in [5, 5.41) is 0. The molecule has 0 amide bonds. The van der Waals surface area contributed by atoms with Crippen LogP contribution in [0.25, 0.3) is 0 Å². The van der Waals surface area contributed by atoms with Crippen LogP contribution in [0.15, 0.2) is 18.2 Å². The Balaban J connectivity index is 2.27. The van der Waals surface area contributed by atoms with Crippen LogP contribution in [-0.2, 0) is 11.2 Å². The van der Waals surface area contributed by atoms with E-state index >= 15 is 0 Å². The lowest BCUT2D eigenvalue weighted by Crippen LogP contribution is -2.05. The first-order valence-electron chi connectivity index (χ1n) is 4.95. The second-order valence-electron chi connectivity index (χ2n) is 3.40. The third kappa shape index (κ3) is 2.09. The molecule has 0 aromatic heterocycles. The molecule has 0 unspecified atom stereocenters. The van der Waals surface area contributed by atoms with Gasteiger partial charge in [-0.3, -0.25) is 0 Å². The van der Waals surface area contributed by atoms with Crippen molar-refractivity contribution in [2.75, 3.05) is 16.3 Å². The van der Waals surface area contributed by atoms with E-state index in [-0.39, 0.29) is 5.97 Å². The monoisotopic (exact) mass is 317 g/mol. The fourth-order valence-electron chi connectivity index (χ4n) is 1.70. The van der Waals surface area contributed by atoms with Crippen LogP contribution in [0.2, 0.25) is 0 Å². The van der Waals surface area contributed by atoms with E-state index in [0.717, 1.165) is 13.0 Å². The Labute approximate surface area is 103 Å². The maximum atomic E-state index is 11.5. The van der Waals surface area contributed by atoms with Crippen molar-refractivity contribution in [3.8, 4) is 0 Å². The van der Waals surface area contributed by atoms with Gasteiger partial charge in [0.2, 0.25) is 0 Å². The highest BCUT2D eigenvalue weighted by Gasteiger charge is 2.18. The number of ether oxygens (including phenoxy) is 1. The van der Waals surface area contributed by atoms with Gasteiger partial charge in [0.25, 0.3) is 0 Å². The van der Waals surface area contributed by atoms with E-state index in [2.05, 4.69) is 26.0 Å². The minimum Gasteiger partial charge on any atom is -0.462 e. The van der Waals surface area contributed by atoms with Gasteiger partial charge >= 0.3 is 5.97 Å². The molecule has 2 rings (SSSR count). The molecule has 0 saturated carbocycles. The molecule has 0 N–H and O–H groups in total. The predicted molar refractivity (Wildman–Crippen MR) is 67.5 cm³/mol. The molecule has 3 nitrogen and oxygen atoms in total. The molecule has 80 valence electrons. The second kappa shape index (κ2) is 4.38. The number of fused-ring (bicyclic) bond motifs is 1. The standard InChI is InChI=1S/C11H12INO2/c1-2-15-11(14)9-3-4-10-8(7-9)5-6-13(10)12/h3-4,7H,2,5-6H2,1H3. The number of benzene rings is 1. The number of nitrogens with zero attached hydrogens (tertiary/aromatic N) is 1. The average molecular weight is 317 g/mol. The summed E-state index contributed by atoms with van der Waals surface area (Å²) in [5.74, 6) is -0.229.